The van der Waals surface area contributed by atoms with Crippen LogP contribution in [0.3, 0.4) is 0 Å². The van der Waals surface area contributed by atoms with Crippen molar-refractivity contribution in [2.75, 3.05) is 10.7 Å². The molecule has 4 heteroatoms. The Balaban J connectivity index is 2.28. The molecular formula is C15H17N3O. The third kappa shape index (κ3) is 2.74. The molecule has 19 heavy (non-hydrogen) atoms. The third-order valence-electron chi connectivity index (χ3n) is 3.18. The summed E-state index contributed by atoms with van der Waals surface area (Å²) in [6.07, 6.45) is 0. The van der Waals surface area contributed by atoms with E-state index in [1.807, 2.05) is 38.1 Å². The Bertz CT molecular complexity index is 608. The number of nitrogens with two attached hydrogens (primary N) is 1. The second-order valence-electron chi connectivity index (χ2n) is 4.39. The van der Waals surface area contributed by atoms with Gasteiger partial charge in [0.1, 0.15) is 0 Å². The molecule has 2 aromatic carbocycles. The fraction of sp³-hybridized carbons (Fsp3) is 0.133. The molecule has 1 amide bonds. The molecule has 0 aliphatic carbocycles. The summed E-state index contributed by atoms with van der Waals surface area (Å²) in [5, 5.41) is 2.91. The number of amides is 1. The van der Waals surface area contributed by atoms with Crippen LogP contribution in [0, 0.1) is 13.8 Å². The van der Waals surface area contributed by atoms with Crippen molar-refractivity contribution < 1.29 is 4.79 Å². The van der Waals surface area contributed by atoms with Gasteiger partial charge in [-0.05, 0) is 43.2 Å². The van der Waals surface area contributed by atoms with E-state index in [9.17, 15) is 4.79 Å². The third-order valence-corrected chi connectivity index (χ3v) is 3.18. The van der Waals surface area contributed by atoms with Gasteiger partial charge in [-0.2, -0.15) is 0 Å². The van der Waals surface area contributed by atoms with E-state index < -0.39 is 0 Å². The molecule has 0 saturated carbocycles. The summed E-state index contributed by atoms with van der Waals surface area (Å²) >= 11 is 0. The Morgan fingerprint density at radius 2 is 1.68 bits per heavy atom. The van der Waals surface area contributed by atoms with Gasteiger partial charge in [0.25, 0.3) is 5.91 Å². The summed E-state index contributed by atoms with van der Waals surface area (Å²) in [5.74, 6) is 5.23. The molecule has 0 unspecified atom stereocenters. The number of nitrogens with one attached hydrogen (secondary N) is 2. The van der Waals surface area contributed by atoms with Crippen molar-refractivity contribution in [2.45, 2.75) is 13.8 Å². The van der Waals surface area contributed by atoms with E-state index in [1.54, 1.807) is 18.2 Å². The van der Waals surface area contributed by atoms with Gasteiger partial charge in [-0.15, -0.1) is 0 Å². The Morgan fingerprint density at radius 3 is 2.42 bits per heavy atom. The largest absolute Gasteiger partial charge is 0.323 e. The maximum absolute atomic E-state index is 12.3. The zero-order valence-corrected chi connectivity index (χ0v) is 11.0. The van der Waals surface area contributed by atoms with Gasteiger partial charge in [0.2, 0.25) is 0 Å². The summed E-state index contributed by atoms with van der Waals surface area (Å²) in [5.41, 5.74) is 6.67. The highest BCUT2D eigenvalue weighted by atomic mass is 16.1. The minimum Gasteiger partial charge on any atom is -0.323 e. The highest BCUT2D eigenvalue weighted by Crippen LogP contribution is 2.20. The Labute approximate surface area is 112 Å². The number of hydrogen-bond acceptors (Lipinski definition) is 3. The van der Waals surface area contributed by atoms with Crippen LogP contribution >= 0.6 is 0 Å². The molecule has 2 aromatic rings. The number of aryl methyl sites for hydroxylation is 1. The summed E-state index contributed by atoms with van der Waals surface area (Å²) < 4.78 is 0. The predicted octanol–water partition coefficient (Wildman–Crippen LogP) is 2.84. The quantitative estimate of drug-likeness (QED) is 0.583. The highest BCUT2D eigenvalue weighted by molar-refractivity contribution is 6.08. The number of carbonyl (C=O) groups excluding carboxylic acids is 1. The van der Waals surface area contributed by atoms with E-state index in [1.165, 1.54) is 0 Å². The molecule has 98 valence electrons. The van der Waals surface area contributed by atoms with Crippen molar-refractivity contribution in [3.05, 3.63) is 59.2 Å². The lowest BCUT2D eigenvalue weighted by molar-refractivity contribution is 0.102. The average Bonchev–Trinajstić information content (AvgIpc) is 2.43. The number of benzene rings is 2. The molecule has 0 aliphatic rings. The van der Waals surface area contributed by atoms with Gasteiger partial charge in [-0.3, -0.25) is 10.6 Å². The maximum atomic E-state index is 12.3. The first-order chi connectivity index (χ1) is 9.13. The van der Waals surface area contributed by atoms with Crippen LogP contribution in [-0.2, 0) is 0 Å². The van der Waals surface area contributed by atoms with E-state index in [0.29, 0.717) is 11.3 Å². The summed E-state index contributed by atoms with van der Waals surface area (Å²) in [6, 6.07) is 12.9. The van der Waals surface area contributed by atoms with E-state index in [-0.39, 0.29) is 5.91 Å². The molecular weight excluding hydrogens is 238 g/mol. The monoisotopic (exact) mass is 255 g/mol. The van der Waals surface area contributed by atoms with Crippen LogP contribution in [0.25, 0.3) is 0 Å². The van der Waals surface area contributed by atoms with E-state index >= 15 is 0 Å². The van der Waals surface area contributed by atoms with Gasteiger partial charge in [-0.25, -0.2) is 0 Å². The van der Waals surface area contributed by atoms with Crippen LogP contribution < -0.4 is 16.6 Å². The number of hydrazine groups is 1. The topological polar surface area (TPSA) is 67.2 Å². The zero-order valence-electron chi connectivity index (χ0n) is 11.0. The van der Waals surface area contributed by atoms with Gasteiger partial charge in [0.15, 0.2) is 0 Å². The molecule has 0 fully saturated rings. The first kappa shape index (κ1) is 13.1. The van der Waals surface area contributed by atoms with Gasteiger partial charge in [0.05, 0.1) is 11.3 Å². The van der Waals surface area contributed by atoms with Crippen molar-refractivity contribution in [3.8, 4) is 0 Å². The molecule has 0 radical (unpaired) electrons. The zero-order chi connectivity index (χ0) is 13.8. The molecule has 0 bridgehead atoms. The normalized spacial score (nSPS) is 10.1. The second kappa shape index (κ2) is 5.54. The molecule has 0 aliphatic heterocycles. The van der Waals surface area contributed by atoms with Gasteiger partial charge >= 0.3 is 0 Å². The first-order valence-electron chi connectivity index (χ1n) is 6.06. The number of anilines is 2. The van der Waals surface area contributed by atoms with Crippen LogP contribution in [0.2, 0.25) is 0 Å². The SMILES string of the molecule is Cc1cccc(NC(=O)c2ccccc2NN)c1C. The van der Waals surface area contributed by atoms with Gasteiger partial charge in [-0.1, -0.05) is 24.3 Å². The van der Waals surface area contributed by atoms with Gasteiger partial charge in [0, 0.05) is 5.69 Å². The molecule has 0 spiro atoms. The number of rotatable bonds is 3. The molecule has 0 atom stereocenters. The van der Waals surface area contributed by atoms with Gasteiger partial charge < -0.3 is 10.7 Å². The van der Waals surface area contributed by atoms with Crippen molar-refractivity contribution in [2.24, 2.45) is 5.84 Å². The van der Waals surface area contributed by atoms with Crippen LogP contribution in [0.5, 0.6) is 0 Å². The number of hydrogen-bond donors (Lipinski definition) is 3. The van der Waals surface area contributed by atoms with Crippen molar-refractivity contribution in [1.82, 2.24) is 0 Å². The molecule has 0 saturated heterocycles. The molecule has 4 N–H and O–H groups in total. The summed E-state index contributed by atoms with van der Waals surface area (Å²) in [4.78, 5) is 12.3. The fourth-order valence-corrected chi connectivity index (χ4v) is 1.88. The molecule has 0 heterocycles. The van der Waals surface area contributed by atoms with Crippen molar-refractivity contribution in [1.29, 1.82) is 0 Å². The minimum absolute atomic E-state index is 0.178. The fourth-order valence-electron chi connectivity index (χ4n) is 1.88. The number of nitrogen functional groups attached to an aromatic ring is 1. The van der Waals surface area contributed by atoms with E-state index in [4.69, 9.17) is 5.84 Å². The van der Waals surface area contributed by atoms with Crippen molar-refractivity contribution in [3.63, 3.8) is 0 Å². The average molecular weight is 255 g/mol. The lowest BCUT2D eigenvalue weighted by atomic mass is 10.1. The molecule has 2 rings (SSSR count). The van der Waals surface area contributed by atoms with Crippen LogP contribution in [-0.4, -0.2) is 5.91 Å². The lowest BCUT2D eigenvalue weighted by Gasteiger charge is -2.12. The van der Waals surface area contributed by atoms with Crippen LogP contribution in [0.4, 0.5) is 11.4 Å². The smallest absolute Gasteiger partial charge is 0.257 e. The summed E-state index contributed by atoms with van der Waals surface area (Å²) in [7, 11) is 0. The second-order valence-corrected chi connectivity index (χ2v) is 4.39. The van der Waals surface area contributed by atoms with Crippen LogP contribution in [0.1, 0.15) is 21.5 Å². The minimum atomic E-state index is -0.178. The van der Waals surface area contributed by atoms with E-state index in [2.05, 4.69) is 10.7 Å². The Hall–Kier alpha value is -2.33. The first-order valence-corrected chi connectivity index (χ1v) is 6.06. The summed E-state index contributed by atoms with van der Waals surface area (Å²) in [6.45, 7) is 4.00. The highest BCUT2D eigenvalue weighted by Gasteiger charge is 2.11. The molecule has 4 nitrogen and oxygen atoms in total. The number of para-hydroxylation sites is 1. The van der Waals surface area contributed by atoms with Crippen LogP contribution in [0.15, 0.2) is 42.5 Å². The maximum Gasteiger partial charge on any atom is 0.257 e. The predicted molar refractivity (Wildman–Crippen MR) is 78.1 cm³/mol. The van der Waals surface area contributed by atoms with Crippen molar-refractivity contribution >= 4 is 17.3 Å². The number of carbonyl (C=O) groups is 1. The standard InChI is InChI=1S/C15H17N3O/c1-10-6-5-9-13(11(10)2)17-15(19)12-7-3-4-8-14(12)18-16/h3-9,18H,16H2,1-2H3,(H,17,19). The Kier molecular flexibility index (Phi) is 3.82. The lowest BCUT2D eigenvalue weighted by Crippen LogP contribution is -2.17. The van der Waals surface area contributed by atoms with E-state index in [0.717, 1.165) is 16.8 Å². The molecule has 0 aromatic heterocycles. The Morgan fingerprint density at radius 1 is 1.00 bits per heavy atom.